The SMILES string of the molecule is O=C1C=CO[C@H](CCOCc2ccccc2)C1. The highest BCUT2D eigenvalue weighted by atomic mass is 16.5. The van der Waals surface area contributed by atoms with Crippen molar-refractivity contribution >= 4 is 5.78 Å². The van der Waals surface area contributed by atoms with Crippen molar-refractivity contribution in [2.24, 2.45) is 0 Å². The van der Waals surface area contributed by atoms with Crippen LogP contribution in [0.3, 0.4) is 0 Å². The molecule has 1 atom stereocenters. The van der Waals surface area contributed by atoms with Crippen LogP contribution in [0.4, 0.5) is 0 Å². The second-order valence-electron chi connectivity index (χ2n) is 4.06. The van der Waals surface area contributed by atoms with Gasteiger partial charge in [0, 0.05) is 18.9 Å². The minimum absolute atomic E-state index is 0.0247. The highest BCUT2D eigenvalue weighted by molar-refractivity contribution is 5.90. The van der Waals surface area contributed by atoms with Crippen molar-refractivity contribution in [3.63, 3.8) is 0 Å². The Balaban J connectivity index is 1.64. The van der Waals surface area contributed by atoms with Crippen LogP contribution in [0.5, 0.6) is 0 Å². The Labute approximate surface area is 101 Å². The second-order valence-corrected chi connectivity index (χ2v) is 4.06. The largest absolute Gasteiger partial charge is 0.497 e. The molecule has 1 aliphatic rings. The lowest BCUT2D eigenvalue weighted by Gasteiger charge is -2.18. The van der Waals surface area contributed by atoms with Crippen molar-refractivity contribution in [2.45, 2.75) is 25.6 Å². The first-order valence-corrected chi connectivity index (χ1v) is 5.81. The average Bonchev–Trinajstić information content (AvgIpc) is 2.36. The van der Waals surface area contributed by atoms with E-state index in [0.717, 1.165) is 12.0 Å². The third-order valence-corrected chi connectivity index (χ3v) is 2.65. The fraction of sp³-hybridized carbons (Fsp3) is 0.357. The van der Waals surface area contributed by atoms with E-state index < -0.39 is 0 Å². The second kappa shape index (κ2) is 6.21. The van der Waals surface area contributed by atoms with E-state index >= 15 is 0 Å². The molecule has 0 aliphatic carbocycles. The molecular weight excluding hydrogens is 216 g/mol. The van der Waals surface area contributed by atoms with Crippen molar-refractivity contribution in [3.8, 4) is 0 Å². The molecule has 2 rings (SSSR count). The van der Waals surface area contributed by atoms with E-state index in [9.17, 15) is 4.79 Å². The number of benzene rings is 1. The van der Waals surface area contributed by atoms with Gasteiger partial charge in [-0.25, -0.2) is 0 Å². The van der Waals surface area contributed by atoms with Gasteiger partial charge in [-0.1, -0.05) is 30.3 Å². The van der Waals surface area contributed by atoms with Crippen LogP contribution in [0, 0.1) is 0 Å². The molecule has 0 amide bonds. The third-order valence-electron chi connectivity index (χ3n) is 2.65. The molecule has 0 bridgehead atoms. The monoisotopic (exact) mass is 232 g/mol. The van der Waals surface area contributed by atoms with E-state index in [4.69, 9.17) is 9.47 Å². The minimum Gasteiger partial charge on any atom is -0.497 e. The van der Waals surface area contributed by atoms with Crippen molar-refractivity contribution in [2.75, 3.05) is 6.61 Å². The Morgan fingerprint density at radius 1 is 1.29 bits per heavy atom. The number of rotatable bonds is 5. The van der Waals surface area contributed by atoms with Gasteiger partial charge in [-0.3, -0.25) is 4.79 Å². The average molecular weight is 232 g/mol. The first-order valence-electron chi connectivity index (χ1n) is 5.81. The van der Waals surface area contributed by atoms with Gasteiger partial charge in [-0.05, 0) is 5.56 Å². The molecule has 1 aliphatic heterocycles. The molecule has 3 nitrogen and oxygen atoms in total. The van der Waals surface area contributed by atoms with Crippen LogP contribution in [0.1, 0.15) is 18.4 Å². The molecule has 0 unspecified atom stereocenters. The molecule has 0 N–H and O–H groups in total. The lowest BCUT2D eigenvalue weighted by atomic mass is 10.1. The Bertz CT molecular complexity index is 384. The van der Waals surface area contributed by atoms with E-state index in [1.54, 1.807) is 0 Å². The van der Waals surface area contributed by atoms with Gasteiger partial charge < -0.3 is 9.47 Å². The van der Waals surface area contributed by atoms with E-state index in [-0.39, 0.29) is 11.9 Å². The highest BCUT2D eigenvalue weighted by Crippen LogP contribution is 2.11. The first kappa shape index (κ1) is 11.9. The van der Waals surface area contributed by atoms with Gasteiger partial charge in [0.1, 0.15) is 6.10 Å². The predicted molar refractivity (Wildman–Crippen MR) is 64.4 cm³/mol. The lowest BCUT2D eigenvalue weighted by Crippen LogP contribution is -2.20. The van der Waals surface area contributed by atoms with Gasteiger partial charge in [0.15, 0.2) is 5.78 Å². The van der Waals surface area contributed by atoms with Crippen LogP contribution in [0.15, 0.2) is 42.7 Å². The third kappa shape index (κ3) is 4.04. The zero-order valence-corrected chi connectivity index (χ0v) is 9.67. The molecular formula is C14H16O3. The molecule has 1 aromatic carbocycles. The summed E-state index contributed by atoms with van der Waals surface area (Å²) < 4.78 is 10.9. The topological polar surface area (TPSA) is 35.5 Å². The summed E-state index contributed by atoms with van der Waals surface area (Å²) in [6, 6.07) is 10.0. The van der Waals surface area contributed by atoms with Gasteiger partial charge >= 0.3 is 0 Å². The maximum absolute atomic E-state index is 11.1. The van der Waals surface area contributed by atoms with Crippen molar-refractivity contribution in [1.82, 2.24) is 0 Å². The highest BCUT2D eigenvalue weighted by Gasteiger charge is 2.15. The summed E-state index contributed by atoms with van der Waals surface area (Å²) in [5.41, 5.74) is 1.16. The van der Waals surface area contributed by atoms with Crippen LogP contribution < -0.4 is 0 Å². The molecule has 90 valence electrons. The van der Waals surface area contributed by atoms with Crippen molar-refractivity contribution in [3.05, 3.63) is 48.2 Å². The lowest BCUT2D eigenvalue weighted by molar-refractivity contribution is -0.118. The molecule has 0 spiro atoms. The molecule has 17 heavy (non-hydrogen) atoms. The van der Waals surface area contributed by atoms with Crippen LogP contribution >= 0.6 is 0 Å². The number of hydrogen-bond donors (Lipinski definition) is 0. The molecule has 1 aromatic rings. The van der Waals surface area contributed by atoms with Crippen LogP contribution in [-0.4, -0.2) is 18.5 Å². The Hall–Kier alpha value is -1.61. The molecule has 1 heterocycles. The molecule has 0 fully saturated rings. The Morgan fingerprint density at radius 2 is 2.12 bits per heavy atom. The summed E-state index contributed by atoms with van der Waals surface area (Å²) in [5.74, 6) is 0.129. The molecule has 0 saturated heterocycles. The van der Waals surface area contributed by atoms with Crippen LogP contribution in [0.2, 0.25) is 0 Å². The molecule has 0 saturated carbocycles. The predicted octanol–water partition coefficient (Wildman–Crippen LogP) is 2.47. The Kier molecular flexibility index (Phi) is 4.33. The zero-order valence-electron chi connectivity index (χ0n) is 9.67. The van der Waals surface area contributed by atoms with Crippen molar-refractivity contribution in [1.29, 1.82) is 0 Å². The maximum atomic E-state index is 11.1. The fourth-order valence-electron chi connectivity index (χ4n) is 1.72. The van der Waals surface area contributed by atoms with E-state index in [1.807, 2.05) is 30.3 Å². The number of carbonyl (C=O) groups is 1. The summed E-state index contributed by atoms with van der Waals surface area (Å²) in [7, 11) is 0. The van der Waals surface area contributed by atoms with E-state index in [2.05, 4.69) is 0 Å². The number of carbonyl (C=O) groups excluding carboxylic acids is 1. The summed E-state index contributed by atoms with van der Waals surface area (Å²) in [5, 5.41) is 0. The van der Waals surface area contributed by atoms with E-state index in [0.29, 0.717) is 19.6 Å². The van der Waals surface area contributed by atoms with Gasteiger partial charge in [-0.15, -0.1) is 0 Å². The normalized spacial score (nSPS) is 19.1. The van der Waals surface area contributed by atoms with Gasteiger partial charge in [0.25, 0.3) is 0 Å². The standard InChI is InChI=1S/C14H16O3/c15-13-6-9-17-14(10-13)7-8-16-11-12-4-2-1-3-5-12/h1-6,9,14H,7-8,10-11H2/t14-/m1/s1. The van der Waals surface area contributed by atoms with Gasteiger partial charge in [-0.2, -0.15) is 0 Å². The number of ketones is 1. The minimum atomic E-state index is -0.0247. The number of ether oxygens (including phenoxy) is 2. The Morgan fingerprint density at radius 3 is 2.88 bits per heavy atom. The summed E-state index contributed by atoms with van der Waals surface area (Å²) in [6.45, 7) is 1.22. The summed E-state index contributed by atoms with van der Waals surface area (Å²) >= 11 is 0. The van der Waals surface area contributed by atoms with Crippen LogP contribution in [0.25, 0.3) is 0 Å². The maximum Gasteiger partial charge on any atom is 0.162 e. The molecule has 0 aromatic heterocycles. The summed E-state index contributed by atoms with van der Waals surface area (Å²) in [6.07, 6.45) is 4.15. The first-order chi connectivity index (χ1) is 8.34. The number of hydrogen-bond acceptors (Lipinski definition) is 3. The summed E-state index contributed by atoms with van der Waals surface area (Å²) in [4.78, 5) is 11.1. The van der Waals surface area contributed by atoms with Crippen LogP contribution in [-0.2, 0) is 20.9 Å². The van der Waals surface area contributed by atoms with E-state index in [1.165, 1.54) is 12.3 Å². The molecule has 3 heteroatoms. The van der Waals surface area contributed by atoms with Crippen molar-refractivity contribution < 1.29 is 14.3 Å². The fourth-order valence-corrected chi connectivity index (χ4v) is 1.72. The number of allylic oxidation sites excluding steroid dienone is 1. The smallest absolute Gasteiger partial charge is 0.162 e. The zero-order chi connectivity index (χ0) is 11.9. The van der Waals surface area contributed by atoms with Gasteiger partial charge in [0.2, 0.25) is 0 Å². The quantitative estimate of drug-likeness (QED) is 0.731. The van der Waals surface area contributed by atoms with Gasteiger partial charge in [0.05, 0.1) is 19.5 Å². The molecule has 0 radical (unpaired) electrons.